The summed E-state index contributed by atoms with van der Waals surface area (Å²) in [6.07, 6.45) is 16.9. The summed E-state index contributed by atoms with van der Waals surface area (Å²) in [5.41, 5.74) is 0. The summed E-state index contributed by atoms with van der Waals surface area (Å²) in [6.45, 7) is 2.12. The van der Waals surface area contributed by atoms with Crippen LogP contribution in [0.25, 0.3) is 0 Å². The van der Waals surface area contributed by atoms with Crippen LogP contribution in [0.5, 0.6) is 0 Å². The normalized spacial score (nSPS) is 13.4. The Kier molecular flexibility index (Phi) is 15.3. The van der Waals surface area contributed by atoms with E-state index in [9.17, 15) is 13.2 Å². The molecule has 6 heteroatoms. The number of allylic oxidation sites excluding steroid dienone is 1. The van der Waals surface area contributed by atoms with Gasteiger partial charge in [0.05, 0.1) is 6.10 Å². The summed E-state index contributed by atoms with van der Waals surface area (Å²) in [5.74, 6) is 0. The van der Waals surface area contributed by atoms with Crippen molar-refractivity contribution >= 4 is 16.7 Å². The van der Waals surface area contributed by atoms with Gasteiger partial charge in [-0.15, -0.1) is 0 Å². The van der Waals surface area contributed by atoms with Gasteiger partial charge in [-0.1, -0.05) is 64.0 Å². The van der Waals surface area contributed by atoms with Crippen molar-refractivity contribution in [1.29, 1.82) is 0 Å². The van der Waals surface area contributed by atoms with Crippen molar-refractivity contribution in [1.82, 2.24) is 0 Å². The van der Waals surface area contributed by atoms with Gasteiger partial charge >= 0.3 is 10.4 Å². The number of carbonyl (C=O) groups excluding carboxylic acids is 1. The van der Waals surface area contributed by atoms with Gasteiger partial charge in [0.25, 0.3) is 0 Å². The number of hydrogen-bond acceptors (Lipinski definition) is 4. The number of hydrogen-bond donors (Lipinski definition) is 1. The number of unbranched alkanes of at least 4 members (excludes halogenated alkanes) is 9. The van der Waals surface area contributed by atoms with Gasteiger partial charge in [-0.3, -0.25) is 4.55 Å². The summed E-state index contributed by atoms with van der Waals surface area (Å²) >= 11 is 0. The highest BCUT2D eigenvalue weighted by molar-refractivity contribution is 7.80. The van der Waals surface area contributed by atoms with E-state index >= 15 is 0 Å². The lowest BCUT2D eigenvalue weighted by molar-refractivity contribution is -0.107. The van der Waals surface area contributed by atoms with Crippen LogP contribution < -0.4 is 0 Å². The second-order valence-electron chi connectivity index (χ2n) is 6.21. The zero-order chi connectivity index (χ0) is 18.1. The van der Waals surface area contributed by atoms with Gasteiger partial charge in [0.1, 0.15) is 6.29 Å². The van der Waals surface area contributed by atoms with Crippen molar-refractivity contribution in [2.45, 2.75) is 96.5 Å². The minimum atomic E-state index is -4.39. The standard InChI is InChI=1S/C18H34O5S/c1-2-3-4-12-15-18(23-24(20,21)22)16-13-10-8-6-5-7-9-11-14-17-19/h10,13,17-18H,2-9,11-12,14-16H2,1H3,(H,20,21,22)/b13-10+. The molecule has 0 radical (unpaired) electrons. The van der Waals surface area contributed by atoms with Gasteiger partial charge in [-0.25, -0.2) is 4.18 Å². The van der Waals surface area contributed by atoms with E-state index in [4.69, 9.17) is 8.74 Å². The minimum Gasteiger partial charge on any atom is -0.303 e. The van der Waals surface area contributed by atoms with Crippen LogP contribution in [0.15, 0.2) is 12.2 Å². The van der Waals surface area contributed by atoms with Crippen molar-refractivity contribution in [3.8, 4) is 0 Å². The van der Waals surface area contributed by atoms with Crippen LogP contribution in [0, 0.1) is 0 Å². The molecular formula is C18H34O5S. The van der Waals surface area contributed by atoms with Gasteiger partial charge in [0.2, 0.25) is 0 Å². The molecule has 0 amide bonds. The van der Waals surface area contributed by atoms with Crippen LogP contribution in [-0.2, 0) is 19.4 Å². The lowest BCUT2D eigenvalue weighted by atomic mass is 10.1. The zero-order valence-electron chi connectivity index (χ0n) is 15.0. The van der Waals surface area contributed by atoms with E-state index < -0.39 is 16.5 Å². The fourth-order valence-corrected chi connectivity index (χ4v) is 3.08. The third-order valence-electron chi connectivity index (χ3n) is 3.90. The SMILES string of the molecule is CCCCCCC(C/C=C/CCCCCCCC=O)OS(=O)(=O)O. The Morgan fingerprint density at radius 3 is 2.17 bits per heavy atom. The Labute approximate surface area is 147 Å². The third-order valence-corrected chi connectivity index (χ3v) is 4.41. The fourth-order valence-electron chi connectivity index (χ4n) is 2.56. The van der Waals surface area contributed by atoms with Crippen LogP contribution in [0.4, 0.5) is 0 Å². The van der Waals surface area contributed by atoms with Gasteiger partial charge in [0.15, 0.2) is 0 Å². The quantitative estimate of drug-likeness (QED) is 0.170. The first-order chi connectivity index (χ1) is 11.5. The lowest BCUT2D eigenvalue weighted by Crippen LogP contribution is -2.17. The molecule has 0 aromatic carbocycles. The molecule has 1 unspecified atom stereocenters. The summed E-state index contributed by atoms with van der Waals surface area (Å²) in [6, 6.07) is 0. The molecule has 0 aliphatic rings. The third kappa shape index (κ3) is 17.6. The Hall–Kier alpha value is -0.720. The predicted molar refractivity (Wildman–Crippen MR) is 97.3 cm³/mol. The Morgan fingerprint density at radius 1 is 0.917 bits per heavy atom. The number of carbonyl (C=O) groups is 1. The van der Waals surface area contributed by atoms with Gasteiger partial charge in [-0.05, 0) is 32.1 Å². The van der Waals surface area contributed by atoms with E-state index in [-0.39, 0.29) is 0 Å². The van der Waals surface area contributed by atoms with Crippen LogP contribution in [0.3, 0.4) is 0 Å². The van der Waals surface area contributed by atoms with Crippen LogP contribution in [0.2, 0.25) is 0 Å². The highest BCUT2D eigenvalue weighted by Crippen LogP contribution is 2.14. The fraction of sp³-hybridized carbons (Fsp3) is 0.833. The highest BCUT2D eigenvalue weighted by Gasteiger charge is 2.15. The van der Waals surface area contributed by atoms with Crippen molar-refractivity contribution in [3.05, 3.63) is 12.2 Å². The number of aldehydes is 1. The summed E-state index contributed by atoms with van der Waals surface area (Å²) in [7, 11) is -4.39. The largest absolute Gasteiger partial charge is 0.397 e. The molecule has 5 nitrogen and oxygen atoms in total. The molecule has 0 saturated carbocycles. The molecule has 142 valence electrons. The molecule has 0 aromatic rings. The molecule has 0 aliphatic heterocycles. The van der Waals surface area contributed by atoms with Gasteiger partial charge < -0.3 is 4.79 Å². The molecule has 0 fully saturated rings. The van der Waals surface area contributed by atoms with Crippen molar-refractivity contribution in [2.75, 3.05) is 0 Å². The maximum atomic E-state index is 10.9. The van der Waals surface area contributed by atoms with Gasteiger partial charge in [-0.2, -0.15) is 8.42 Å². The summed E-state index contributed by atoms with van der Waals surface area (Å²) in [4.78, 5) is 10.2. The van der Waals surface area contributed by atoms with Crippen LogP contribution >= 0.6 is 0 Å². The van der Waals surface area contributed by atoms with E-state index in [1.54, 1.807) is 0 Å². The molecule has 0 saturated heterocycles. The van der Waals surface area contributed by atoms with Crippen molar-refractivity contribution < 1.29 is 21.9 Å². The topological polar surface area (TPSA) is 80.7 Å². The molecule has 0 spiro atoms. The first-order valence-electron chi connectivity index (χ1n) is 9.24. The number of rotatable bonds is 17. The maximum absolute atomic E-state index is 10.9. The smallest absolute Gasteiger partial charge is 0.303 e. The van der Waals surface area contributed by atoms with E-state index in [0.29, 0.717) is 19.3 Å². The van der Waals surface area contributed by atoms with E-state index in [1.165, 1.54) is 0 Å². The Morgan fingerprint density at radius 2 is 1.54 bits per heavy atom. The summed E-state index contributed by atoms with van der Waals surface area (Å²) in [5, 5.41) is 0. The van der Waals surface area contributed by atoms with Crippen molar-refractivity contribution in [3.63, 3.8) is 0 Å². The van der Waals surface area contributed by atoms with Gasteiger partial charge in [0, 0.05) is 6.42 Å². The first-order valence-corrected chi connectivity index (χ1v) is 10.6. The second-order valence-corrected chi connectivity index (χ2v) is 7.26. The minimum absolute atomic E-state index is 0.476. The molecule has 1 N–H and O–H groups in total. The first kappa shape index (κ1) is 23.3. The van der Waals surface area contributed by atoms with Crippen LogP contribution in [0.1, 0.15) is 90.4 Å². The summed E-state index contributed by atoms with van der Waals surface area (Å²) < 4.78 is 35.4. The van der Waals surface area contributed by atoms with Crippen molar-refractivity contribution in [2.24, 2.45) is 0 Å². The van der Waals surface area contributed by atoms with Crippen LogP contribution in [-0.4, -0.2) is 25.4 Å². The highest BCUT2D eigenvalue weighted by atomic mass is 32.3. The second kappa shape index (κ2) is 15.8. The van der Waals surface area contributed by atoms with E-state index in [1.807, 2.05) is 6.08 Å². The Balaban J connectivity index is 3.87. The molecule has 1 atom stereocenters. The molecule has 0 rings (SSSR count). The maximum Gasteiger partial charge on any atom is 0.397 e. The Bertz CT molecular complexity index is 417. The van der Waals surface area contributed by atoms with E-state index in [2.05, 4.69) is 13.0 Å². The molecular weight excluding hydrogens is 328 g/mol. The molecule has 0 aliphatic carbocycles. The monoisotopic (exact) mass is 362 g/mol. The lowest BCUT2D eigenvalue weighted by Gasteiger charge is -2.13. The molecule has 0 bridgehead atoms. The predicted octanol–water partition coefficient (Wildman–Crippen LogP) is 5.02. The molecule has 0 aromatic heterocycles. The average molecular weight is 363 g/mol. The molecule has 24 heavy (non-hydrogen) atoms. The zero-order valence-corrected chi connectivity index (χ0v) is 15.8. The van der Waals surface area contributed by atoms with E-state index in [0.717, 1.165) is 70.5 Å². The average Bonchev–Trinajstić information content (AvgIpc) is 2.51. The molecule has 0 heterocycles.